The second-order valence-electron chi connectivity index (χ2n) is 7.01. The molecule has 170 valence electrons. The summed E-state index contributed by atoms with van der Waals surface area (Å²) in [7, 11) is 1.60. The van der Waals surface area contributed by atoms with E-state index in [-0.39, 0.29) is 5.02 Å². The average molecular weight is 483 g/mol. The molecule has 1 aromatic heterocycles. The first kappa shape index (κ1) is 23.9. The summed E-state index contributed by atoms with van der Waals surface area (Å²) in [6.07, 6.45) is 1.60. The summed E-state index contributed by atoms with van der Waals surface area (Å²) >= 11 is 11.4. The highest BCUT2D eigenvalue weighted by molar-refractivity contribution is 7.80. The maximum absolute atomic E-state index is 13.0. The molecule has 0 saturated heterocycles. The summed E-state index contributed by atoms with van der Waals surface area (Å²) < 4.78 is 46.4. The SMILES string of the molecule is COc1ccccc1CN(CCCn1ccnc1)C(=S)Nc1ccc(C(F)(F)F)c(Cl)c1. The van der Waals surface area contributed by atoms with Crippen molar-refractivity contribution in [1.82, 2.24) is 14.5 Å². The molecule has 0 fully saturated rings. The summed E-state index contributed by atoms with van der Waals surface area (Å²) in [5.74, 6) is 0.729. The molecule has 0 saturated carbocycles. The van der Waals surface area contributed by atoms with Gasteiger partial charge in [0, 0.05) is 43.3 Å². The van der Waals surface area contributed by atoms with Crippen LogP contribution in [-0.4, -0.2) is 33.2 Å². The number of alkyl halides is 3. The molecule has 10 heteroatoms. The van der Waals surface area contributed by atoms with Gasteiger partial charge in [0.05, 0.1) is 24.0 Å². The number of nitrogens with one attached hydrogen (secondary N) is 1. The summed E-state index contributed by atoms with van der Waals surface area (Å²) in [5.41, 5.74) is 0.432. The Bertz CT molecular complexity index is 1040. The third kappa shape index (κ3) is 6.37. The minimum absolute atomic E-state index is 0.373. The number of imidazole rings is 1. The maximum atomic E-state index is 13.0. The van der Waals surface area contributed by atoms with Gasteiger partial charge in [-0.3, -0.25) is 0 Å². The summed E-state index contributed by atoms with van der Waals surface area (Å²) in [4.78, 5) is 5.98. The van der Waals surface area contributed by atoms with E-state index in [4.69, 9.17) is 28.6 Å². The van der Waals surface area contributed by atoms with Crippen LogP contribution < -0.4 is 10.1 Å². The minimum Gasteiger partial charge on any atom is -0.496 e. The van der Waals surface area contributed by atoms with E-state index in [1.807, 2.05) is 39.9 Å². The zero-order valence-corrected chi connectivity index (χ0v) is 18.8. The van der Waals surface area contributed by atoms with Crippen molar-refractivity contribution in [2.24, 2.45) is 0 Å². The molecule has 32 heavy (non-hydrogen) atoms. The van der Waals surface area contributed by atoms with Crippen molar-refractivity contribution in [3.05, 3.63) is 77.3 Å². The monoisotopic (exact) mass is 482 g/mol. The van der Waals surface area contributed by atoms with Gasteiger partial charge in [-0.1, -0.05) is 29.8 Å². The fraction of sp³-hybridized carbons (Fsp3) is 0.273. The lowest BCUT2D eigenvalue weighted by molar-refractivity contribution is -0.137. The largest absolute Gasteiger partial charge is 0.496 e. The molecule has 0 amide bonds. The minimum atomic E-state index is -4.51. The van der Waals surface area contributed by atoms with E-state index in [1.54, 1.807) is 19.6 Å². The lowest BCUT2D eigenvalue weighted by Gasteiger charge is -2.27. The van der Waals surface area contributed by atoms with Crippen molar-refractivity contribution in [2.75, 3.05) is 19.0 Å². The normalized spacial score (nSPS) is 11.3. The molecule has 1 heterocycles. The van der Waals surface area contributed by atoms with Gasteiger partial charge in [0.2, 0.25) is 0 Å². The number of hydrogen-bond donors (Lipinski definition) is 1. The molecule has 0 unspecified atom stereocenters. The lowest BCUT2D eigenvalue weighted by atomic mass is 10.2. The van der Waals surface area contributed by atoms with Crippen LogP contribution in [0.1, 0.15) is 17.5 Å². The molecule has 2 aromatic carbocycles. The van der Waals surface area contributed by atoms with Crippen LogP contribution in [0.3, 0.4) is 0 Å². The van der Waals surface area contributed by atoms with E-state index in [0.29, 0.717) is 23.9 Å². The lowest BCUT2D eigenvalue weighted by Crippen LogP contribution is -2.35. The third-order valence-electron chi connectivity index (χ3n) is 4.77. The molecular weight excluding hydrogens is 461 g/mol. The Balaban J connectivity index is 1.75. The van der Waals surface area contributed by atoms with Crippen molar-refractivity contribution in [2.45, 2.75) is 25.7 Å². The van der Waals surface area contributed by atoms with Gasteiger partial charge in [-0.25, -0.2) is 4.98 Å². The predicted molar refractivity (Wildman–Crippen MR) is 123 cm³/mol. The van der Waals surface area contributed by atoms with Crippen LogP contribution in [0.25, 0.3) is 0 Å². The molecule has 3 rings (SSSR count). The summed E-state index contributed by atoms with van der Waals surface area (Å²) in [6, 6.07) is 11.1. The van der Waals surface area contributed by atoms with Gasteiger partial charge in [0.15, 0.2) is 5.11 Å². The number of aromatic nitrogens is 2. The Labute approximate surface area is 194 Å². The zero-order chi connectivity index (χ0) is 23.1. The fourth-order valence-corrected chi connectivity index (χ4v) is 3.74. The molecular formula is C22H22ClF3N4OS. The zero-order valence-electron chi connectivity index (χ0n) is 17.3. The first-order valence-corrected chi connectivity index (χ1v) is 10.6. The van der Waals surface area contributed by atoms with Gasteiger partial charge in [0.25, 0.3) is 0 Å². The number of ether oxygens (including phenoxy) is 1. The van der Waals surface area contributed by atoms with Gasteiger partial charge in [-0.05, 0) is 42.9 Å². The van der Waals surface area contributed by atoms with Crippen LogP contribution in [0.4, 0.5) is 18.9 Å². The highest BCUT2D eigenvalue weighted by Gasteiger charge is 2.33. The van der Waals surface area contributed by atoms with Crippen LogP contribution in [-0.2, 0) is 19.3 Å². The number of thiocarbonyl (C=S) groups is 1. The number of benzene rings is 2. The Hall–Kier alpha value is -2.78. The molecule has 0 radical (unpaired) electrons. The number of hydrogen-bond acceptors (Lipinski definition) is 3. The molecule has 0 bridgehead atoms. The van der Waals surface area contributed by atoms with E-state index >= 15 is 0 Å². The van der Waals surface area contributed by atoms with E-state index in [2.05, 4.69) is 10.3 Å². The fourth-order valence-electron chi connectivity index (χ4n) is 3.18. The van der Waals surface area contributed by atoms with Gasteiger partial charge in [-0.2, -0.15) is 13.2 Å². The average Bonchev–Trinajstić information content (AvgIpc) is 3.26. The van der Waals surface area contributed by atoms with E-state index < -0.39 is 11.7 Å². The van der Waals surface area contributed by atoms with Crippen molar-refractivity contribution < 1.29 is 17.9 Å². The van der Waals surface area contributed by atoms with Crippen LogP contribution in [0, 0.1) is 0 Å². The van der Waals surface area contributed by atoms with Crippen LogP contribution in [0.5, 0.6) is 5.75 Å². The van der Waals surface area contributed by atoms with E-state index in [1.165, 1.54) is 12.1 Å². The molecule has 3 aromatic rings. The molecule has 0 aliphatic carbocycles. The van der Waals surface area contributed by atoms with Crippen LogP contribution >= 0.6 is 23.8 Å². The predicted octanol–water partition coefficient (Wildman–Crippen LogP) is 5.85. The highest BCUT2D eigenvalue weighted by atomic mass is 35.5. The quantitative estimate of drug-likeness (QED) is 0.408. The number of para-hydroxylation sites is 1. The number of methoxy groups -OCH3 is 1. The Morgan fingerprint density at radius 2 is 2.03 bits per heavy atom. The van der Waals surface area contributed by atoms with Crippen molar-refractivity contribution in [3.63, 3.8) is 0 Å². The Morgan fingerprint density at radius 3 is 2.69 bits per heavy atom. The molecule has 0 aliphatic rings. The number of aryl methyl sites for hydroxylation is 1. The topological polar surface area (TPSA) is 42.3 Å². The highest BCUT2D eigenvalue weighted by Crippen LogP contribution is 2.36. The second kappa shape index (κ2) is 10.7. The Morgan fingerprint density at radius 1 is 1.25 bits per heavy atom. The van der Waals surface area contributed by atoms with E-state index in [0.717, 1.165) is 30.3 Å². The van der Waals surface area contributed by atoms with Crippen molar-refractivity contribution >= 4 is 34.6 Å². The standard InChI is InChI=1S/C22H22ClF3N4OS/c1-31-20-6-3-2-5-16(20)14-30(11-4-10-29-12-9-27-15-29)21(32)28-17-7-8-18(19(23)13-17)22(24,25)26/h2-3,5-9,12-13,15H,4,10-11,14H2,1H3,(H,28,32). The van der Waals surface area contributed by atoms with E-state index in [9.17, 15) is 13.2 Å². The van der Waals surface area contributed by atoms with Crippen molar-refractivity contribution in [3.8, 4) is 5.75 Å². The van der Waals surface area contributed by atoms with Gasteiger partial charge >= 0.3 is 6.18 Å². The Kier molecular flexibility index (Phi) is 7.98. The summed E-state index contributed by atoms with van der Waals surface area (Å²) in [5, 5.41) is 2.99. The van der Waals surface area contributed by atoms with Gasteiger partial charge in [0.1, 0.15) is 5.75 Å². The first-order valence-electron chi connectivity index (χ1n) is 9.78. The number of nitrogens with zero attached hydrogens (tertiary/aromatic N) is 3. The first-order chi connectivity index (χ1) is 15.3. The maximum Gasteiger partial charge on any atom is 0.417 e. The molecule has 0 atom stereocenters. The second-order valence-corrected chi connectivity index (χ2v) is 7.80. The third-order valence-corrected chi connectivity index (χ3v) is 5.44. The number of anilines is 1. The molecule has 0 aliphatic heterocycles. The van der Waals surface area contributed by atoms with Gasteiger partial charge < -0.3 is 19.5 Å². The number of halogens is 4. The molecule has 1 N–H and O–H groups in total. The number of rotatable bonds is 8. The summed E-state index contributed by atoms with van der Waals surface area (Å²) in [6.45, 7) is 1.82. The van der Waals surface area contributed by atoms with Crippen LogP contribution in [0.2, 0.25) is 5.02 Å². The molecule has 0 spiro atoms. The van der Waals surface area contributed by atoms with Crippen molar-refractivity contribution in [1.29, 1.82) is 0 Å². The smallest absolute Gasteiger partial charge is 0.417 e. The van der Waals surface area contributed by atoms with Crippen LogP contribution in [0.15, 0.2) is 61.2 Å². The van der Waals surface area contributed by atoms with Gasteiger partial charge in [-0.15, -0.1) is 0 Å². The molecule has 5 nitrogen and oxygen atoms in total.